The number of nitrogens with one attached hydrogen (secondary N) is 1. The van der Waals surface area contributed by atoms with Crippen LogP contribution in [0.5, 0.6) is 0 Å². The monoisotopic (exact) mass is 263 g/mol. The average molecular weight is 263 g/mol. The zero-order valence-corrected chi connectivity index (χ0v) is 9.50. The summed E-state index contributed by atoms with van der Waals surface area (Å²) in [7, 11) is 0. The summed E-state index contributed by atoms with van der Waals surface area (Å²) in [5, 5.41) is 24.5. The SMILES string of the molecule is N=C(N)N(O[N+](=O)[O-])c1ccc(-n2ccnn2)cc1. The van der Waals surface area contributed by atoms with Crippen LogP contribution in [-0.4, -0.2) is 26.0 Å². The lowest BCUT2D eigenvalue weighted by atomic mass is 10.3. The van der Waals surface area contributed by atoms with Crippen LogP contribution in [0, 0.1) is 15.5 Å². The Morgan fingerprint density at radius 1 is 1.47 bits per heavy atom. The second-order valence-electron chi connectivity index (χ2n) is 3.35. The third-order valence-corrected chi connectivity index (χ3v) is 2.14. The van der Waals surface area contributed by atoms with Crippen LogP contribution in [-0.2, 0) is 4.94 Å². The van der Waals surface area contributed by atoms with E-state index < -0.39 is 11.0 Å². The Labute approximate surface area is 106 Å². The number of rotatable bonds is 4. The van der Waals surface area contributed by atoms with Crippen molar-refractivity contribution in [3.63, 3.8) is 0 Å². The van der Waals surface area contributed by atoms with E-state index >= 15 is 0 Å². The number of hydrogen-bond acceptors (Lipinski definition) is 6. The molecule has 0 saturated carbocycles. The van der Waals surface area contributed by atoms with Gasteiger partial charge in [-0.15, -0.1) is 20.3 Å². The molecule has 0 bridgehead atoms. The maximum Gasteiger partial charge on any atom is 0.317 e. The smallest absolute Gasteiger partial charge is 0.317 e. The van der Waals surface area contributed by atoms with Crippen molar-refractivity contribution in [1.82, 2.24) is 15.0 Å². The van der Waals surface area contributed by atoms with Crippen LogP contribution in [0.25, 0.3) is 5.69 Å². The van der Waals surface area contributed by atoms with Gasteiger partial charge in [0.1, 0.15) is 0 Å². The van der Waals surface area contributed by atoms with Gasteiger partial charge >= 0.3 is 5.09 Å². The van der Waals surface area contributed by atoms with Crippen LogP contribution in [0.3, 0.4) is 0 Å². The first kappa shape index (κ1) is 12.3. The number of hydroxylamine groups is 1. The predicted octanol–water partition coefficient (Wildman–Crippen LogP) is 0.0905. The highest BCUT2D eigenvalue weighted by Crippen LogP contribution is 2.17. The summed E-state index contributed by atoms with van der Waals surface area (Å²) in [5.41, 5.74) is 6.15. The van der Waals surface area contributed by atoms with Gasteiger partial charge in [0.25, 0.3) is 0 Å². The molecule has 19 heavy (non-hydrogen) atoms. The van der Waals surface area contributed by atoms with E-state index in [1.165, 1.54) is 23.0 Å². The van der Waals surface area contributed by atoms with E-state index in [-0.39, 0.29) is 5.69 Å². The first-order valence-corrected chi connectivity index (χ1v) is 5.01. The normalized spacial score (nSPS) is 9.89. The van der Waals surface area contributed by atoms with Gasteiger partial charge in [0.15, 0.2) is 0 Å². The lowest BCUT2D eigenvalue weighted by molar-refractivity contribution is -0.758. The van der Waals surface area contributed by atoms with Gasteiger partial charge in [-0.2, -0.15) is 4.94 Å². The largest absolute Gasteiger partial charge is 0.368 e. The Bertz CT molecular complexity index is 580. The van der Waals surface area contributed by atoms with Crippen LogP contribution >= 0.6 is 0 Å². The van der Waals surface area contributed by atoms with Gasteiger partial charge in [0.2, 0.25) is 5.96 Å². The molecule has 98 valence electrons. The van der Waals surface area contributed by atoms with Crippen molar-refractivity contribution < 1.29 is 10.0 Å². The zero-order valence-electron chi connectivity index (χ0n) is 9.50. The van der Waals surface area contributed by atoms with Crippen molar-refractivity contribution in [3.8, 4) is 5.69 Å². The first-order chi connectivity index (χ1) is 9.08. The van der Waals surface area contributed by atoms with E-state index in [1.807, 2.05) is 0 Å². The van der Waals surface area contributed by atoms with E-state index in [0.29, 0.717) is 10.8 Å². The molecule has 10 heteroatoms. The molecule has 10 nitrogen and oxygen atoms in total. The molecule has 0 fully saturated rings. The highest BCUT2D eigenvalue weighted by atomic mass is 17.0. The molecule has 0 saturated heterocycles. The standard InChI is InChI=1S/C9H9N7O3/c10-9(11)15(19-16(17)18)8-3-1-7(2-4-8)14-6-5-12-13-14/h1-6H,(H3,10,11). The minimum Gasteiger partial charge on any atom is -0.368 e. The molecule has 0 spiro atoms. The minimum atomic E-state index is -1.05. The van der Waals surface area contributed by atoms with Gasteiger partial charge in [-0.3, -0.25) is 5.41 Å². The molecule has 0 aliphatic rings. The van der Waals surface area contributed by atoms with E-state index in [1.54, 1.807) is 18.3 Å². The van der Waals surface area contributed by atoms with E-state index in [2.05, 4.69) is 15.3 Å². The molecule has 0 amide bonds. The number of aromatic nitrogens is 3. The van der Waals surface area contributed by atoms with E-state index in [0.717, 1.165) is 0 Å². The Morgan fingerprint density at radius 3 is 2.63 bits per heavy atom. The zero-order chi connectivity index (χ0) is 13.8. The van der Waals surface area contributed by atoms with Crippen LogP contribution in [0.4, 0.5) is 5.69 Å². The maximum atomic E-state index is 10.3. The predicted molar refractivity (Wildman–Crippen MR) is 63.8 cm³/mol. The molecule has 1 heterocycles. The molecular weight excluding hydrogens is 254 g/mol. The fourth-order valence-corrected chi connectivity index (χ4v) is 1.38. The molecule has 0 atom stereocenters. The second-order valence-corrected chi connectivity index (χ2v) is 3.35. The fourth-order valence-electron chi connectivity index (χ4n) is 1.38. The third kappa shape index (κ3) is 2.74. The topological polar surface area (TPSA) is 136 Å². The maximum absolute atomic E-state index is 10.3. The summed E-state index contributed by atoms with van der Waals surface area (Å²) in [6.07, 6.45) is 3.16. The molecule has 2 rings (SSSR count). The summed E-state index contributed by atoms with van der Waals surface area (Å²) in [6.45, 7) is 0. The molecule has 3 N–H and O–H groups in total. The van der Waals surface area contributed by atoms with Gasteiger partial charge in [0, 0.05) is 0 Å². The van der Waals surface area contributed by atoms with E-state index in [9.17, 15) is 10.1 Å². The van der Waals surface area contributed by atoms with Crippen LogP contribution in [0.1, 0.15) is 0 Å². The van der Waals surface area contributed by atoms with Gasteiger partial charge in [-0.25, -0.2) is 4.68 Å². The summed E-state index contributed by atoms with van der Waals surface area (Å²) in [5.74, 6) is -0.606. The van der Waals surface area contributed by atoms with Crippen molar-refractivity contribution >= 4 is 11.6 Å². The lowest BCUT2D eigenvalue weighted by Crippen LogP contribution is -2.38. The summed E-state index contributed by atoms with van der Waals surface area (Å²) in [6, 6.07) is 6.26. The average Bonchev–Trinajstić information content (AvgIpc) is 2.89. The lowest BCUT2D eigenvalue weighted by Gasteiger charge is -2.18. The molecule has 2 aromatic rings. The number of nitrogens with two attached hydrogens (primary N) is 1. The molecule has 1 aromatic carbocycles. The highest BCUT2D eigenvalue weighted by molar-refractivity contribution is 5.90. The molecule has 0 unspecified atom stereocenters. The Hall–Kier alpha value is -3.17. The fraction of sp³-hybridized carbons (Fsp3) is 0. The summed E-state index contributed by atoms with van der Waals surface area (Å²) < 4.78 is 1.51. The summed E-state index contributed by atoms with van der Waals surface area (Å²) >= 11 is 0. The Kier molecular flexibility index (Phi) is 3.23. The van der Waals surface area contributed by atoms with Gasteiger partial charge < -0.3 is 5.73 Å². The minimum absolute atomic E-state index is 0.244. The number of hydrogen-bond donors (Lipinski definition) is 2. The van der Waals surface area contributed by atoms with Gasteiger partial charge in [-0.05, 0) is 24.3 Å². The van der Waals surface area contributed by atoms with Crippen LogP contribution in [0.15, 0.2) is 36.7 Å². The summed E-state index contributed by atoms with van der Waals surface area (Å²) in [4.78, 5) is 14.5. The molecule has 0 aliphatic heterocycles. The van der Waals surface area contributed by atoms with Crippen molar-refractivity contribution in [2.45, 2.75) is 0 Å². The Balaban J connectivity index is 2.25. The Morgan fingerprint density at radius 2 is 2.16 bits per heavy atom. The van der Waals surface area contributed by atoms with Crippen LogP contribution in [0.2, 0.25) is 0 Å². The molecule has 0 aliphatic carbocycles. The van der Waals surface area contributed by atoms with Gasteiger partial charge in [0.05, 0.1) is 23.8 Å². The number of nitrogens with zero attached hydrogens (tertiary/aromatic N) is 5. The van der Waals surface area contributed by atoms with Crippen molar-refractivity contribution in [2.24, 2.45) is 5.73 Å². The second kappa shape index (κ2) is 5.00. The highest BCUT2D eigenvalue weighted by Gasteiger charge is 2.14. The van der Waals surface area contributed by atoms with Crippen molar-refractivity contribution in [2.75, 3.05) is 5.06 Å². The number of guanidine groups is 1. The quantitative estimate of drug-likeness (QED) is 0.345. The third-order valence-electron chi connectivity index (χ3n) is 2.14. The van der Waals surface area contributed by atoms with Crippen molar-refractivity contribution in [3.05, 3.63) is 46.8 Å². The van der Waals surface area contributed by atoms with Crippen LogP contribution < -0.4 is 10.8 Å². The number of benzene rings is 1. The van der Waals surface area contributed by atoms with E-state index in [4.69, 9.17) is 11.1 Å². The van der Waals surface area contributed by atoms with Crippen molar-refractivity contribution in [1.29, 1.82) is 5.41 Å². The molecular formula is C9H9N7O3. The molecule has 1 aromatic heterocycles. The first-order valence-electron chi connectivity index (χ1n) is 5.01. The number of anilines is 1. The molecule has 0 radical (unpaired) electrons. The van der Waals surface area contributed by atoms with Gasteiger partial charge in [-0.1, -0.05) is 5.21 Å².